The number of carboxylic acids is 1. The molecular weight excluding hydrogens is 392 g/mol. The van der Waals surface area contributed by atoms with E-state index < -0.39 is 12.0 Å². The van der Waals surface area contributed by atoms with Crippen LogP contribution in [0.25, 0.3) is 0 Å². The number of carboxylic acid groups (broad SMARTS) is 1. The van der Waals surface area contributed by atoms with Crippen molar-refractivity contribution in [2.24, 2.45) is 5.73 Å². The third kappa shape index (κ3) is 8.33. The number of aliphatic carboxylic acids is 1. The number of hydrogen-bond acceptors (Lipinski definition) is 3. The van der Waals surface area contributed by atoms with Crippen LogP contribution >= 0.6 is 22.6 Å². The molecule has 0 aromatic heterocycles. The number of nitrogens with one attached hydrogen (secondary N) is 1. The van der Waals surface area contributed by atoms with Gasteiger partial charge in [0.15, 0.2) is 0 Å². The van der Waals surface area contributed by atoms with Crippen molar-refractivity contribution in [3.63, 3.8) is 0 Å². The zero-order valence-corrected chi connectivity index (χ0v) is 14.7. The monoisotopic (exact) mass is 415 g/mol. The van der Waals surface area contributed by atoms with E-state index in [2.05, 4.69) is 52.2 Å². The number of hydrogen-bond donors (Lipinski definition) is 3. The molecule has 0 saturated heterocycles. The average molecular weight is 415 g/mol. The molecule has 0 aliphatic heterocycles. The molecule has 6 heteroatoms. The number of benzene rings is 1. The average Bonchev–Trinajstić information content (AvgIpc) is 2.48. The number of unbranched alkanes of at least 4 members (excludes halogenated alkanes) is 1. The molecule has 1 rings (SSSR count). The van der Waals surface area contributed by atoms with Crippen LogP contribution < -0.4 is 11.1 Å². The molecule has 5 nitrogen and oxygen atoms in total. The number of carbonyl (C=O) groups excluding carboxylic acids is 1. The second-order valence-electron chi connectivity index (χ2n) is 5.27. The van der Waals surface area contributed by atoms with Gasteiger partial charge in [-0.15, -0.1) is 0 Å². The number of halogens is 1. The van der Waals surface area contributed by atoms with Gasteiger partial charge in [0.2, 0.25) is 5.91 Å². The number of nitrogens with two attached hydrogens (primary N) is 1. The number of rotatable bonds is 10. The van der Waals surface area contributed by atoms with Crippen molar-refractivity contribution in [1.29, 1.82) is 0 Å². The van der Waals surface area contributed by atoms with Crippen molar-refractivity contribution in [1.82, 2.24) is 5.32 Å². The van der Waals surface area contributed by atoms with Crippen LogP contribution in [0.15, 0.2) is 24.3 Å². The van der Waals surface area contributed by atoms with E-state index in [0.29, 0.717) is 25.8 Å². The van der Waals surface area contributed by atoms with E-state index in [9.17, 15) is 9.59 Å². The second-order valence-corrected chi connectivity index (χ2v) is 6.52. The Morgan fingerprint density at radius 3 is 2.50 bits per heavy atom. The molecule has 0 spiro atoms. The highest BCUT2D eigenvalue weighted by molar-refractivity contribution is 14.1. The molecule has 1 aromatic carbocycles. The SMILES string of the molecule is N[C@@H](CCCCNC(=O)CCCc1ccc([124I])cc1)C(=O)O. The van der Waals surface area contributed by atoms with Crippen molar-refractivity contribution in [2.45, 2.75) is 44.6 Å². The zero-order valence-electron chi connectivity index (χ0n) is 12.6. The zero-order chi connectivity index (χ0) is 16.4. The predicted octanol–water partition coefficient (Wildman–Crippen LogP) is 2.31. The summed E-state index contributed by atoms with van der Waals surface area (Å²) in [5.41, 5.74) is 6.65. The number of carbonyl (C=O) groups is 2. The van der Waals surface area contributed by atoms with Crippen molar-refractivity contribution in [3.8, 4) is 0 Å². The van der Waals surface area contributed by atoms with Gasteiger partial charge in [-0.25, -0.2) is 0 Å². The van der Waals surface area contributed by atoms with E-state index in [-0.39, 0.29) is 5.91 Å². The molecule has 1 aromatic rings. The Morgan fingerprint density at radius 2 is 1.86 bits per heavy atom. The van der Waals surface area contributed by atoms with Gasteiger partial charge >= 0.3 is 5.97 Å². The van der Waals surface area contributed by atoms with Gasteiger partial charge in [0.1, 0.15) is 6.04 Å². The van der Waals surface area contributed by atoms with Crippen LogP contribution in [0.5, 0.6) is 0 Å². The normalized spacial score (nSPS) is 11.9. The molecule has 0 radical (unpaired) electrons. The first-order chi connectivity index (χ1) is 10.5. The summed E-state index contributed by atoms with van der Waals surface area (Å²) >= 11 is 2.27. The summed E-state index contributed by atoms with van der Waals surface area (Å²) in [7, 11) is 0. The van der Waals surface area contributed by atoms with Crippen LogP contribution in [-0.2, 0) is 16.0 Å². The smallest absolute Gasteiger partial charge is 0.320 e. The van der Waals surface area contributed by atoms with Gasteiger partial charge in [0.05, 0.1) is 0 Å². The quantitative estimate of drug-likeness (QED) is 0.404. The van der Waals surface area contributed by atoms with E-state index in [0.717, 1.165) is 19.3 Å². The molecule has 0 aliphatic carbocycles. The first-order valence-electron chi connectivity index (χ1n) is 7.48. The highest BCUT2D eigenvalue weighted by atomic mass is 124. The Labute approximate surface area is 144 Å². The van der Waals surface area contributed by atoms with Crippen LogP contribution in [0.2, 0.25) is 0 Å². The standard InChI is InChI=1S/C16H23IN2O3/c17-13-9-7-12(8-10-13)4-3-6-15(20)19-11-2-1-5-14(18)16(21)22/h7-10,14H,1-6,11,18H2,(H,19,20)(H,21,22)/t14-/m0/s1/i17-3. The minimum Gasteiger partial charge on any atom is -0.480 e. The topological polar surface area (TPSA) is 92.4 Å². The van der Waals surface area contributed by atoms with Gasteiger partial charge in [-0.2, -0.15) is 0 Å². The van der Waals surface area contributed by atoms with Crippen molar-refractivity contribution < 1.29 is 14.7 Å². The van der Waals surface area contributed by atoms with Crippen LogP contribution in [0.3, 0.4) is 0 Å². The van der Waals surface area contributed by atoms with Gasteiger partial charge < -0.3 is 16.2 Å². The maximum absolute atomic E-state index is 11.7. The van der Waals surface area contributed by atoms with Gasteiger partial charge in [-0.3, -0.25) is 9.59 Å². The first kappa shape index (κ1) is 18.9. The minimum atomic E-state index is -0.973. The molecule has 0 fully saturated rings. The molecule has 1 amide bonds. The lowest BCUT2D eigenvalue weighted by atomic mass is 10.1. The van der Waals surface area contributed by atoms with Crippen molar-refractivity contribution >= 4 is 34.5 Å². The van der Waals surface area contributed by atoms with E-state index >= 15 is 0 Å². The molecule has 22 heavy (non-hydrogen) atoms. The third-order valence-corrected chi connectivity index (χ3v) is 4.08. The molecule has 0 unspecified atom stereocenters. The lowest BCUT2D eigenvalue weighted by molar-refractivity contribution is -0.138. The lowest BCUT2D eigenvalue weighted by Crippen LogP contribution is -2.30. The van der Waals surface area contributed by atoms with Gasteiger partial charge in [0, 0.05) is 16.5 Å². The highest BCUT2D eigenvalue weighted by Crippen LogP contribution is 2.09. The first-order valence-corrected chi connectivity index (χ1v) is 8.56. The van der Waals surface area contributed by atoms with E-state index in [4.69, 9.17) is 10.8 Å². The molecule has 0 aliphatic rings. The van der Waals surface area contributed by atoms with Gasteiger partial charge in [-0.1, -0.05) is 12.1 Å². The fraction of sp³-hybridized carbons (Fsp3) is 0.500. The third-order valence-electron chi connectivity index (χ3n) is 3.36. The van der Waals surface area contributed by atoms with Crippen LogP contribution in [0.1, 0.15) is 37.7 Å². The summed E-state index contributed by atoms with van der Waals surface area (Å²) in [6.45, 7) is 0.578. The fourth-order valence-corrected chi connectivity index (χ4v) is 2.39. The molecular formula is C16H23IN2O3. The van der Waals surface area contributed by atoms with Gasteiger partial charge in [0.25, 0.3) is 0 Å². The minimum absolute atomic E-state index is 0.0491. The summed E-state index contributed by atoms with van der Waals surface area (Å²) < 4.78 is 1.21. The van der Waals surface area contributed by atoms with Gasteiger partial charge in [-0.05, 0) is 72.4 Å². The fourth-order valence-electron chi connectivity index (χ4n) is 2.03. The van der Waals surface area contributed by atoms with Crippen molar-refractivity contribution in [2.75, 3.05) is 6.54 Å². The van der Waals surface area contributed by atoms with Crippen LogP contribution in [0.4, 0.5) is 0 Å². The molecule has 1 atom stereocenters. The Hall–Kier alpha value is -1.15. The summed E-state index contributed by atoms with van der Waals surface area (Å²) in [5.74, 6) is -0.923. The van der Waals surface area contributed by atoms with Crippen LogP contribution in [-0.4, -0.2) is 29.6 Å². The number of aryl methyl sites for hydroxylation is 1. The van der Waals surface area contributed by atoms with Crippen molar-refractivity contribution in [3.05, 3.63) is 33.4 Å². The summed E-state index contributed by atoms with van der Waals surface area (Å²) in [6.07, 6.45) is 4.15. The molecule has 4 N–H and O–H groups in total. The van der Waals surface area contributed by atoms with Crippen LogP contribution in [0, 0.1) is 3.57 Å². The maximum Gasteiger partial charge on any atom is 0.320 e. The maximum atomic E-state index is 11.7. The Kier molecular flexibility index (Phi) is 9.07. The summed E-state index contributed by atoms with van der Waals surface area (Å²) in [4.78, 5) is 22.2. The summed E-state index contributed by atoms with van der Waals surface area (Å²) in [6, 6.07) is 7.51. The lowest BCUT2D eigenvalue weighted by Gasteiger charge is -2.07. The largest absolute Gasteiger partial charge is 0.480 e. The molecule has 0 bridgehead atoms. The number of amides is 1. The summed E-state index contributed by atoms with van der Waals surface area (Å²) in [5, 5.41) is 11.5. The predicted molar refractivity (Wildman–Crippen MR) is 94.6 cm³/mol. The molecule has 0 heterocycles. The van der Waals surface area contributed by atoms with E-state index in [1.807, 2.05) is 0 Å². The molecule has 122 valence electrons. The highest BCUT2D eigenvalue weighted by Gasteiger charge is 2.10. The molecule has 0 saturated carbocycles. The Bertz CT molecular complexity index is 477. The van der Waals surface area contributed by atoms with E-state index in [1.165, 1.54) is 9.13 Å². The Balaban J connectivity index is 2.04. The second kappa shape index (κ2) is 10.6. The Morgan fingerprint density at radius 1 is 1.18 bits per heavy atom. The van der Waals surface area contributed by atoms with E-state index in [1.54, 1.807) is 0 Å².